The van der Waals surface area contributed by atoms with E-state index in [1.54, 1.807) is 43.3 Å². The first-order chi connectivity index (χ1) is 9.95. The summed E-state index contributed by atoms with van der Waals surface area (Å²) in [6.07, 6.45) is 0. The molecule has 1 atom stereocenters. The quantitative estimate of drug-likeness (QED) is 0.848. The number of benzene rings is 2. The van der Waals surface area contributed by atoms with Crippen molar-refractivity contribution in [3.63, 3.8) is 0 Å². The number of carbonyl (C=O) groups is 1. The van der Waals surface area contributed by atoms with Crippen LogP contribution in [0.2, 0.25) is 0 Å². The Morgan fingerprint density at radius 1 is 1.05 bits per heavy atom. The number of phenolic OH excluding ortho intramolecular Hbond substituents is 1. The average molecular weight is 286 g/mol. The largest absolute Gasteiger partial charge is 0.508 e. The first kappa shape index (κ1) is 15.1. The highest BCUT2D eigenvalue weighted by Gasteiger charge is 2.33. The van der Waals surface area contributed by atoms with Gasteiger partial charge in [0.05, 0.1) is 6.61 Å². The molecule has 0 aromatic heterocycles. The van der Waals surface area contributed by atoms with Gasteiger partial charge < -0.3 is 14.9 Å². The Labute approximate surface area is 123 Å². The van der Waals surface area contributed by atoms with Gasteiger partial charge in [0.25, 0.3) is 0 Å². The third-order valence-electron chi connectivity index (χ3n) is 3.32. The number of aromatic hydroxyl groups is 1. The fourth-order valence-electron chi connectivity index (χ4n) is 2.03. The molecule has 0 bridgehead atoms. The van der Waals surface area contributed by atoms with Gasteiger partial charge in [0.1, 0.15) is 5.75 Å². The van der Waals surface area contributed by atoms with Crippen LogP contribution in [-0.4, -0.2) is 22.8 Å². The van der Waals surface area contributed by atoms with Gasteiger partial charge in [-0.1, -0.05) is 36.4 Å². The van der Waals surface area contributed by atoms with Gasteiger partial charge >= 0.3 is 5.97 Å². The molecular weight excluding hydrogens is 268 g/mol. The fraction of sp³-hybridized carbons (Fsp3) is 0.235. The standard InChI is InChI=1S/C17H18O4/c1-3-21-16(19)17(2,20)14-8-4-12(5-9-14)13-6-10-15(18)11-7-13/h4-11,18,20H,3H2,1-2H3. The van der Waals surface area contributed by atoms with Crippen LogP contribution in [0.1, 0.15) is 19.4 Å². The van der Waals surface area contributed by atoms with Crippen molar-refractivity contribution in [2.45, 2.75) is 19.4 Å². The Hall–Kier alpha value is -2.33. The van der Waals surface area contributed by atoms with Crippen LogP contribution in [-0.2, 0) is 15.1 Å². The van der Waals surface area contributed by atoms with Gasteiger partial charge in [0.2, 0.25) is 0 Å². The monoisotopic (exact) mass is 286 g/mol. The average Bonchev–Trinajstić information content (AvgIpc) is 2.48. The second-order valence-corrected chi connectivity index (χ2v) is 4.92. The molecular formula is C17H18O4. The number of carbonyl (C=O) groups excluding carboxylic acids is 1. The molecule has 0 saturated heterocycles. The van der Waals surface area contributed by atoms with Crippen LogP contribution in [0.3, 0.4) is 0 Å². The van der Waals surface area contributed by atoms with Crippen molar-refractivity contribution in [3.8, 4) is 16.9 Å². The van der Waals surface area contributed by atoms with Gasteiger partial charge in [-0.2, -0.15) is 0 Å². The van der Waals surface area contributed by atoms with Crippen LogP contribution in [0.25, 0.3) is 11.1 Å². The Bertz CT molecular complexity index is 612. The molecule has 2 rings (SSSR count). The number of ether oxygens (including phenoxy) is 1. The van der Waals surface area contributed by atoms with Crippen molar-refractivity contribution in [1.82, 2.24) is 0 Å². The lowest BCUT2D eigenvalue weighted by molar-refractivity contribution is -0.164. The van der Waals surface area contributed by atoms with Crippen molar-refractivity contribution >= 4 is 5.97 Å². The van der Waals surface area contributed by atoms with Crippen molar-refractivity contribution in [3.05, 3.63) is 54.1 Å². The number of esters is 1. The smallest absolute Gasteiger partial charge is 0.342 e. The predicted molar refractivity (Wildman–Crippen MR) is 79.7 cm³/mol. The summed E-state index contributed by atoms with van der Waals surface area (Å²) in [5.41, 5.74) is 0.681. The Balaban J connectivity index is 2.26. The molecule has 0 radical (unpaired) electrons. The van der Waals surface area contributed by atoms with Crippen LogP contribution in [0.4, 0.5) is 0 Å². The van der Waals surface area contributed by atoms with Crippen LogP contribution in [0.15, 0.2) is 48.5 Å². The summed E-state index contributed by atoms with van der Waals surface area (Å²) >= 11 is 0. The van der Waals surface area contributed by atoms with E-state index < -0.39 is 11.6 Å². The zero-order valence-electron chi connectivity index (χ0n) is 12.0. The number of hydrogen-bond donors (Lipinski definition) is 2. The lowest BCUT2D eigenvalue weighted by Crippen LogP contribution is -2.34. The normalized spacial score (nSPS) is 13.5. The minimum absolute atomic E-state index is 0.209. The summed E-state index contributed by atoms with van der Waals surface area (Å²) in [5, 5.41) is 19.6. The molecule has 0 spiro atoms. The molecule has 1 unspecified atom stereocenters. The Kier molecular flexibility index (Phi) is 4.29. The Morgan fingerprint density at radius 2 is 1.52 bits per heavy atom. The summed E-state index contributed by atoms with van der Waals surface area (Å²) in [6, 6.07) is 13.8. The maximum absolute atomic E-state index is 11.8. The highest BCUT2D eigenvalue weighted by Crippen LogP contribution is 2.27. The molecule has 0 aliphatic heterocycles. The van der Waals surface area contributed by atoms with Crippen LogP contribution >= 0.6 is 0 Å². The second kappa shape index (κ2) is 5.97. The van der Waals surface area contributed by atoms with E-state index in [2.05, 4.69) is 0 Å². The molecule has 0 amide bonds. The van der Waals surface area contributed by atoms with Crippen LogP contribution in [0.5, 0.6) is 5.75 Å². The van der Waals surface area contributed by atoms with Crippen molar-refractivity contribution in [2.24, 2.45) is 0 Å². The molecule has 4 nitrogen and oxygen atoms in total. The molecule has 0 saturated carbocycles. The summed E-state index contributed by atoms with van der Waals surface area (Å²) in [5.74, 6) is -0.456. The molecule has 0 heterocycles. The van der Waals surface area contributed by atoms with Crippen molar-refractivity contribution in [2.75, 3.05) is 6.61 Å². The lowest BCUT2D eigenvalue weighted by atomic mass is 9.94. The SMILES string of the molecule is CCOC(=O)C(C)(O)c1ccc(-c2ccc(O)cc2)cc1. The minimum atomic E-state index is -1.66. The van der Waals surface area contributed by atoms with Gasteiger partial charge in [0, 0.05) is 0 Å². The number of phenols is 1. The Morgan fingerprint density at radius 3 is 2.00 bits per heavy atom. The third kappa shape index (κ3) is 3.23. The highest BCUT2D eigenvalue weighted by molar-refractivity contribution is 5.81. The highest BCUT2D eigenvalue weighted by atomic mass is 16.5. The minimum Gasteiger partial charge on any atom is -0.508 e. The molecule has 21 heavy (non-hydrogen) atoms. The molecule has 2 aromatic rings. The first-order valence-corrected chi connectivity index (χ1v) is 6.74. The molecule has 0 aliphatic carbocycles. The summed E-state index contributed by atoms with van der Waals surface area (Å²) in [6.45, 7) is 3.34. The van der Waals surface area contributed by atoms with Crippen molar-refractivity contribution < 1.29 is 19.7 Å². The van der Waals surface area contributed by atoms with E-state index in [1.807, 2.05) is 12.1 Å². The second-order valence-electron chi connectivity index (χ2n) is 4.92. The van der Waals surface area contributed by atoms with Gasteiger partial charge in [0.15, 0.2) is 5.60 Å². The summed E-state index contributed by atoms with van der Waals surface area (Å²) in [4.78, 5) is 11.8. The van der Waals surface area contributed by atoms with Crippen LogP contribution < -0.4 is 0 Å². The van der Waals surface area contributed by atoms with Crippen LogP contribution in [0, 0.1) is 0 Å². The van der Waals surface area contributed by atoms with E-state index in [-0.39, 0.29) is 12.4 Å². The number of hydrogen-bond acceptors (Lipinski definition) is 4. The van der Waals surface area contributed by atoms with Gasteiger partial charge in [-0.05, 0) is 42.7 Å². The van der Waals surface area contributed by atoms with E-state index in [9.17, 15) is 15.0 Å². The van der Waals surface area contributed by atoms with E-state index >= 15 is 0 Å². The molecule has 0 fully saturated rings. The van der Waals surface area contributed by atoms with E-state index in [0.717, 1.165) is 11.1 Å². The maximum Gasteiger partial charge on any atom is 0.342 e. The zero-order valence-corrected chi connectivity index (χ0v) is 12.0. The van der Waals surface area contributed by atoms with E-state index in [4.69, 9.17) is 4.74 Å². The number of aliphatic hydroxyl groups is 1. The molecule has 2 aromatic carbocycles. The maximum atomic E-state index is 11.8. The topological polar surface area (TPSA) is 66.8 Å². The van der Waals surface area contributed by atoms with Crippen molar-refractivity contribution in [1.29, 1.82) is 0 Å². The van der Waals surface area contributed by atoms with Gasteiger partial charge in [-0.3, -0.25) is 0 Å². The van der Waals surface area contributed by atoms with E-state index in [0.29, 0.717) is 5.56 Å². The molecule has 4 heteroatoms. The fourth-order valence-corrected chi connectivity index (χ4v) is 2.03. The predicted octanol–water partition coefficient (Wildman–Crippen LogP) is 2.83. The van der Waals surface area contributed by atoms with E-state index in [1.165, 1.54) is 6.92 Å². The lowest BCUT2D eigenvalue weighted by Gasteiger charge is -2.21. The van der Waals surface area contributed by atoms with Gasteiger partial charge in [-0.15, -0.1) is 0 Å². The first-order valence-electron chi connectivity index (χ1n) is 6.74. The molecule has 2 N–H and O–H groups in total. The van der Waals surface area contributed by atoms with Gasteiger partial charge in [-0.25, -0.2) is 4.79 Å². The summed E-state index contributed by atoms with van der Waals surface area (Å²) < 4.78 is 4.87. The molecule has 110 valence electrons. The molecule has 0 aliphatic rings. The number of rotatable bonds is 4. The summed E-state index contributed by atoms with van der Waals surface area (Å²) in [7, 11) is 0. The third-order valence-corrected chi connectivity index (χ3v) is 3.32. The zero-order chi connectivity index (χ0) is 15.5.